The molecule has 150 valence electrons. The van der Waals surface area contributed by atoms with Crippen LogP contribution >= 0.6 is 0 Å². The monoisotopic (exact) mass is 382 g/mol. The van der Waals surface area contributed by atoms with Crippen LogP contribution in [0.1, 0.15) is 29.7 Å². The van der Waals surface area contributed by atoms with Crippen molar-refractivity contribution in [3.05, 3.63) is 65.5 Å². The van der Waals surface area contributed by atoms with Crippen LogP contribution in [0.15, 0.2) is 53.7 Å². The Morgan fingerprint density at radius 1 is 1.14 bits per heavy atom. The topological polar surface area (TPSA) is 67.8 Å². The SMILES string of the molecule is CN=C(NCCc1ccccn1)NCc1cccc(COC2CCOCC2)c1. The molecule has 2 N–H and O–H groups in total. The summed E-state index contributed by atoms with van der Waals surface area (Å²) >= 11 is 0. The molecule has 28 heavy (non-hydrogen) atoms. The fourth-order valence-electron chi connectivity index (χ4n) is 3.15. The molecule has 0 saturated carbocycles. The Morgan fingerprint density at radius 2 is 2.00 bits per heavy atom. The highest BCUT2D eigenvalue weighted by Crippen LogP contribution is 2.14. The van der Waals surface area contributed by atoms with Crippen molar-refractivity contribution >= 4 is 5.96 Å². The zero-order valence-corrected chi connectivity index (χ0v) is 16.6. The fourth-order valence-corrected chi connectivity index (χ4v) is 3.15. The van der Waals surface area contributed by atoms with Crippen LogP contribution in [0.5, 0.6) is 0 Å². The number of nitrogens with zero attached hydrogens (tertiary/aromatic N) is 2. The molecule has 1 fully saturated rings. The van der Waals surface area contributed by atoms with Crippen LogP contribution in [0.25, 0.3) is 0 Å². The fraction of sp³-hybridized carbons (Fsp3) is 0.455. The molecule has 0 unspecified atom stereocenters. The number of guanidine groups is 1. The molecule has 1 saturated heterocycles. The molecule has 1 aromatic heterocycles. The van der Waals surface area contributed by atoms with Crippen molar-refractivity contribution in [2.75, 3.05) is 26.8 Å². The lowest BCUT2D eigenvalue weighted by Gasteiger charge is -2.22. The van der Waals surface area contributed by atoms with Gasteiger partial charge in [0.1, 0.15) is 0 Å². The number of benzene rings is 1. The van der Waals surface area contributed by atoms with Gasteiger partial charge >= 0.3 is 0 Å². The third kappa shape index (κ3) is 6.94. The molecule has 0 aliphatic carbocycles. The van der Waals surface area contributed by atoms with Crippen molar-refractivity contribution in [1.82, 2.24) is 15.6 Å². The summed E-state index contributed by atoms with van der Waals surface area (Å²) in [4.78, 5) is 8.63. The molecule has 6 nitrogen and oxygen atoms in total. The number of hydrogen-bond acceptors (Lipinski definition) is 4. The van der Waals surface area contributed by atoms with Gasteiger partial charge in [0, 0.05) is 51.7 Å². The number of pyridine rings is 1. The third-order valence-electron chi connectivity index (χ3n) is 4.73. The van der Waals surface area contributed by atoms with Gasteiger partial charge < -0.3 is 20.1 Å². The number of aliphatic imine (C=N–C) groups is 1. The number of rotatable bonds is 8. The maximum atomic E-state index is 6.02. The minimum Gasteiger partial charge on any atom is -0.381 e. The molecular weight excluding hydrogens is 352 g/mol. The molecule has 1 aliphatic heterocycles. The standard InChI is InChI=1S/C22H30N4O2/c1-23-22(25-12-8-20-7-2-3-11-24-20)26-16-18-5-4-6-19(15-18)17-28-21-9-13-27-14-10-21/h2-7,11,15,21H,8-10,12-14,16-17H2,1H3,(H2,23,25,26). The van der Waals surface area contributed by atoms with Crippen molar-refractivity contribution < 1.29 is 9.47 Å². The van der Waals surface area contributed by atoms with Gasteiger partial charge in [-0.05, 0) is 36.1 Å². The predicted octanol–water partition coefficient (Wildman–Crippen LogP) is 2.68. The van der Waals surface area contributed by atoms with Crippen LogP contribution < -0.4 is 10.6 Å². The maximum absolute atomic E-state index is 6.02. The highest BCUT2D eigenvalue weighted by atomic mass is 16.5. The first kappa shape index (κ1) is 20.3. The summed E-state index contributed by atoms with van der Waals surface area (Å²) in [6.07, 6.45) is 4.98. The summed E-state index contributed by atoms with van der Waals surface area (Å²) < 4.78 is 11.4. The van der Waals surface area contributed by atoms with Crippen molar-refractivity contribution in [2.45, 2.75) is 38.5 Å². The Kier molecular flexibility index (Phi) is 8.27. The molecule has 0 atom stereocenters. The van der Waals surface area contributed by atoms with Crippen LogP contribution in [-0.2, 0) is 29.0 Å². The highest BCUT2D eigenvalue weighted by molar-refractivity contribution is 5.79. The number of aromatic nitrogens is 1. The van der Waals surface area contributed by atoms with Crippen molar-refractivity contribution in [1.29, 1.82) is 0 Å². The van der Waals surface area contributed by atoms with Crippen molar-refractivity contribution in [3.8, 4) is 0 Å². The van der Waals surface area contributed by atoms with E-state index in [1.807, 2.05) is 24.4 Å². The molecule has 0 spiro atoms. The Bertz CT molecular complexity index is 730. The second-order valence-corrected chi connectivity index (χ2v) is 6.87. The molecule has 3 rings (SSSR count). The largest absolute Gasteiger partial charge is 0.381 e. The number of hydrogen-bond donors (Lipinski definition) is 2. The predicted molar refractivity (Wildman–Crippen MR) is 111 cm³/mol. The minimum atomic E-state index is 0.317. The molecule has 2 aromatic rings. The van der Waals surface area contributed by atoms with Crippen LogP contribution in [0, 0.1) is 0 Å². The van der Waals surface area contributed by atoms with E-state index in [2.05, 4.69) is 44.9 Å². The van der Waals surface area contributed by atoms with Crippen LogP contribution in [-0.4, -0.2) is 43.9 Å². The normalized spacial score (nSPS) is 15.4. The lowest BCUT2D eigenvalue weighted by molar-refractivity contribution is -0.0390. The number of nitrogens with one attached hydrogen (secondary N) is 2. The van der Waals surface area contributed by atoms with E-state index in [1.54, 1.807) is 7.05 Å². The second kappa shape index (κ2) is 11.4. The average Bonchev–Trinajstić information content (AvgIpc) is 2.76. The van der Waals surface area contributed by atoms with E-state index >= 15 is 0 Å². The molecule has 0 radical (unpaired) electrons. The Morgan fingerprint density at radius 3 is 2.79 bits per heavy atom. The summed E-state index contributed by atoms with van der Waals surface area (Å²) in [6, 6.07) is 14.5. The summed E-state index contributed by atoms with van der Waals surface area (Å²) in [7, 11) is 1.79. The quantitative estimate of drug-likeness (QED) is 0.543. The first-order valence-electron chi connectivity index (χ1n) is 9.95. The first-order chi connectivity index (χ1) is 13.8. The maximum Gasteiger partial charge on any atom is 0.191 e. The van der Waals surface area contributed by atoms with Gasteiger partial charge in [0.05, 0.1) is 12.7 Å². The van der Waals surface area contributed by atoms with Gasteiger partial charge in [-0.1, -0.05) is 30.3 Å². The van der Waals surface area contributed by atoms with Gasteiger partial charge in [0.2, 0.25) is 0 Å². The van der Waals surface area contributed by atoms with Crippen molar-refractivity contribution in [3.63, 3.8) is 0 Å². The van der Waals surface area contributed by atoms with E-state index in [4.69, 9.17) is 9.47 Å². The molecule has 6 heteroatoms. The Labute approximate surface area is 167 Å². The molecule has 0 bridgehead atoms. The van der Waals surface area contributed by atoms with E-state index in [1.165, 1.54) is 11.1 Å². The summed E-state index contributed by atoms with van der Waals surface area (Å²) in [5.41, 5.74) is 3.48. The van der Waals surface area contributed by atoms with Gasteiger partial charge in [0.15, 0.2) is 5.96 Å². The lowest BCUT2D eigenvalue weighted by Crippen LogP contribution is -2.37. The Balaban J connectivity index is 1.41. The third-order valence-corrected chi connectivity index (χ3v) is 4.73. The van der Waals surface area contributed by atoms with Crippen LogP contribution in [0.4, 0.5) is 0 Å². The smallest absolute Gasteiger partial charge is 0.191 e. The summed E-state index contributed by atoms with van der Waals surface area (Å²) in [6.45, 7) is 3.77. The average molecular weight is 383 g/mol. The van der Waals surface area contributed by atoms with E-state index < -0.39 is 0 Å². The molecule has 1 aromatic carbocycles. The molecule has 2 heterocycles. The highest BCUT2D eigenvalue weighted by Gasteiger charge is 2.14. The van der Waals surface area contributed by atoms with Crippen molar-refractivity contribution in [2.24, 2.45) is 4.99 Å². The zero-order chi connectivity index (χ0) is 19.4. The molecular formula is C22H30N4O2. The van der Waals surface area contributed by atoms with Gasteiger partial charge in [-0.25, -0.2) is 0 Å². The first-order valence-corrected chi connectivity index (χ1v) is 9.95. The lowest BCUT2D eigenvalue weighted by atomic mass is 10.1. The van der Waals surface area contributed by atoms with Crippen LogP contribution in [0.3, 0.4) is 0 Å². The Hall–Kier alpha value is -2.44. The second-order valence-electron chi connectivity index (χ2n) is 6.87. The summed E-state index contributed by atoms with van der Waals surface area (Å²) in [5, 5.41) is 6.70. The van der Waals surface area contributed by atoms with Crippen LogP contribution in [0.2, 0.25) is 0 Å². The van der Waals surface area contributed by atoms with E-state index in [-0.39, 0.29) is 0 Å². The minimum absolute atomic E-state index is 0.317. The number of ether oxygens (including phenoxy) is 2. The van der Waals surface area contributed by atoms with Gasteiger partial charge in [-0.2, -0.15) is 0 Å². The van der Waals surface area contributed by atoms with E-state index in [0.29, 0.717) is 19.3 Å². The molecule has 1 aliphatic rings. The van der Waals surface area contributed by atoms with Gasteiger partial charge in [0.25, 0.3) is 0 Å². The van der Waals surface area contributed by atoms with E-state index in [0.717, 1.165) is 50.7 Å². The van der Waals surface area contributed by atoms with Gasteiger partial charge in [-0.15, -0.1) is 0 Å². The van der Waals surface area contributed by atoms with Gasteiger partial charge in [-0.3, -0.25) is 9.98 Å². The zero-order valence-electron chi connectivity index (χ0n) is 16.6. The summed E-state index contributed by atoms with van der Waals surface area (Å²) in [5.74, 6) is 0.791. The van der Waals surface area contributed by atoms with E-state index in [9.17, 15) is 0 Å². The molecule has 0 amide bonds.